The molecular formula is C12H10BrF3N4O. The van der Waals surface area contributed by atoms with Crippen molar-refractivity contribution < 1.29 is 13.2 Å². The average Bonchev–Trinajstić information content (AvgIpc) is 2.77. The molecule has 0 fully saturated rings. The van der Waals surface area contributed by atoms with Gasteiger partial charge >= 0.3 is 5.69 Å². The monoisotopic (exact) mass is 362 g/mol. The molecule has 9 heteroatoms. The van der Waals surface area contributed by atoms with Crippen molar-refractivity contribution in [3.63, 3.8) is 0 Å². The van der Waals surface area contributed by atoms with Crippen LogP contribution in [0.4, 0.5) is 13.2 Å². The predicted molar refractivity (Wildman–Crippen MR) is 73.8 cm³/mol. The van der Waals surface area contributed by atoms with Crippen LogP contribution in [0.1, 0.15) is 0 Å². The van der Waals surface area contributed by atoms with E-state index in [1.807, 2.05) is 0 Å². The molecule has 0 saturated carbocycles. The van der Waals surface area contributed by atoms with E-state index in [-0.39, 0.29) is 5.69 Å². The molecule has 1 heterocycles. The molecule has 0 amide bonds. The average molecular weight is 363 g/mol. The van der Waals surface area contributed by atoms with Gasteiger partial charge < -0.3 is 5.73 Å². The zero-order valence-corrected chi connectivity index (χ0v) is 12.1. The van der Waals surface area contributed by atoms with Crippen LogP contribution in [-0.2, 0) is 6.54 Å². The molecule has 0 atom stereocenters. The Labute approximate surface area is 125 Å². The lowest BCUT2D eigenvalue weighted by Gasteiger charge is -2.04. The molecule has 2 rings (SSSR count). The molecule has 21 heavy (non-hydrogen) atoms. The van der Waals surface area contributed by atoms with Gasteiger partial charge in [0, 0.05) is 16.6 Å². The standard InChI is InChI=1S/C12H10BrF3N4O/c13-8-1-2-10(9(14)3-8)19-6-18-20(12(19)21)5-7(4-17)11(15)16/h1-3,6H,4-5,17H2. The Bertz CT molecular complexity index is 749. The Morgan fingerprint density at radius 2 is 2.10 bits per heavy atom. The Kier molecular flexibility index (Phi) is 4.63. The number of halogens is 4. The quantitative estimate of drug-likeness (QED) is 0.904. The number of aromatic nitrogens is 3. The number of hydrogen-bond donors (Lipinski definition) is 1. The van der Waals surface area contributed by atoms with E-state index in [0.717, 1.165) is 15.6 Å². The summed E-state index contributed by atoms with van der Waals surface area (Å²) in [5, 5.41) is 3.69. The Morgan fingerprint density at radius 3 is 2.67 bits per heavy atom. The second-order valence-corrected chi connectivity index (χ2v) is 5.02. The van der Waals surface area contributed by atoms with Gasteiger partial charge in [0.2, 0.25) is 0 Å². The molecule has 0 aliphatic rings. The smallest absolute Gasteiger partial charge is 0.327 e. The van der Waals surface area contributed by atoms with E-state index in [4.69, 9.17) is 5.73 Å². The highest BCUT2D eigenvalue weighted by atomic mass is 79.9. The van der Waals surface area contributed by atoms with Gasteiger partial charge in [-0.25, -0.2) is 18.4 Å². The van der Waals surface area contributed by atoms with Crippen LogP contribution in [0.3, 0.4) is 0 Å². The molecule has 0 aliphatic carbocycles. The normalized spacial score (nSPS) is 10.7. The van der Waals surface area contributed by atoms with Crippen LogP contribution in [0.2, 0.25) is 0 Å². The van der Waals surface area contributed by atoms with Crippen LogP contribution in [-0.4, -0.2) is 20.9 Å². The molecule has 0 bridgehead atoms. The van der Waals surface area contributed by atoms with Crippen molar-refractivity contribution >= 4 is 15.9 Å². The van der Waals surface area contributed by atoms with Crippen molar-refractivity contribution in [1.29, 1.82) is 0 Å². The fourth-order valence-corrected chi connectivity index (χ4v) is 2.00. The first kappa shape index (κ1) is 15.5. The van der Waals surface area contributed by atoms with Crippen LogP contribution in [0.25, 0.3) is 5.69 Å². The largest absolute Gasteiger partial charge is 0.350 e. The minimum Gasteiger partial charge on any atom is -0.327 e. The van der Waals surface area contributed by atoms with E-state index >= 15 is 0 Å². The predicted octanol–water partition coefficient (Wildman–Crippen LogP) is 2.04. The van der Waals surface area contributed by atoms with E-state index in [1.165, 1.54) is 12.1 Å². The summed E-state index contributed by atoms with van der Waals surface area (Å²) in [5.41, 5.74) is 4.02. The molecular weight excluding hydrogens is 353 g/mol. The van der Waals surface area contributed by atoms with Gasteiger partial charge in [-0.2, -0.15) is 13.9 Å². The third-order valence-corrected chi connectivity index (χ3v) is 3.25. The van der Waals surface area contributed by atoms with Crippen molar-refractivity contribution in [2.75, 3.05) is 6.54 Å². The summed E-state index contributed by atoms with van der Waals surface area (Å²) in [7, 11) is 0. The van der Waals surface area contributed by atoms with Crippen molar-refractivity contribution in [2.24, 2.45) is 5.73 Å². The third kappa shape index (κ3) is 3.24. The van der Waals surface area contributed by atoms with E-state index in [1.54, 1.807) is 6.07 Å². The summed E-state index contributed by atoms with van der Waals surface area (Å²) >= 11 is 3.10. The van der Waals surface area contributed by atoms with Crippen LogP contribution in [0.15, 0.2) is 45.4 Å². The fraction of sp³-hybridized carbons (Fsp3) is 0.167. The second-order valence-electron chi connectivity index (χ2n) is 4.10. The van der Waals surface area contributed by atoms with E-state index in [2.05, 4.69) is 21.0 Å². The lowest BCUT2D eigenvalue weighted by atomic mass is 10.3. The molecule has 5 nitrogen and oxygen atoms in total. The Balaban J connectivity index is 2.42. The highest BCUT2D eigenvalue weighted by molar-refractivity contribution is 9.10. The number of nitrogens with zero attached hydrogens (tertiary/aromatic N) is 3. The highest BCUT2D eigenvalue weighted by Crippen LogP contribution is 2.17. The summed E-state index contributed by atoms with van der Waals surface area (Å²) in [6.45, 7) is -0.836. The van der Waals surface area contributed by atoms with Crippen LogP contribution >= 0.6 is 15.9 Å². The fourth-order valence-electron chi connectivity index (χ4n) is 1.67. The number of nitrogens with two attached hydrogens (primary N) is 1. The maximum atomic E-state index is 13.8. The molecule has 1 aromatic carbocycles. The first-order valence-electron chi connectivity index (χ1n) is 5.77. The van der Waals surface area contributed by atoms with Gasteiger partial charge in [-0.15, -0.1) is 0 Å². The summed E-state index contributed by atoms with van der Waals surface area (Å²) in [6, 6.07) is 4.11. The molecule has 0 spiro atoms. The summed E-state index contributed by atoms with van der Waals surface area (Å²) in [4.78, 5) is 12.1. The van der Waals surface area contributed by atoms with Gasteiger partial charge in [0.05, 0.1) is 12.2 Å². The number of rotatable bonds is 4. The van der Waals surface area contributed by atoms with Crippen molar-refractivity contribution in [2.45, 2.75) is 6.54 Å². The molecule has 0 saturated heterocycles. The summed E-state index contributed by atoms with van der Waals surface area (Å²) < 4.78 is 41.1. The minimum absolute atomic E-state index is 0.0200. The van der Waals surface area contributed by atoms with Gasteiger partial charge in [0.1, 0.15) is 12.1 Å². The van der Waals surface area contributed by atoms with Crippen LogP contribution in [0, 0.1) is 5.82 Å². The second kappa shape index (κ2) is 6.27. The van der Waals surface area contributed by atoms with Gasteiger partial charge in [0.25, 0.3) is 6.08 Å². The van der Waals surface area contributed by atoms with Crippen LogP contribution in [0.5, 0.6) is 0 Å². The third-order valence-electron chi connectivity index (χ3n) is 2.76. The zero-order valence-electron chi connectivity index (χ0n) is 10.6. The Morgan fingerprint density at radius 1 is 1.38 bits per heavy atom. The lowest BCUT2D eigenvalue weighted by Crippen LogP contribution is -2.26. The summed E-state index contributed by atoms with van der Waals surface area (Å²) in [5.74, 6) is -0.641. The molecule has 0 radical (unpaired) electrons. The minimum atomic E-state index is -1.95. The van der Waals surface area contributed by atoms with Crippen molar-refractivity contribution in [3.05, 3.63) is 57.0 Å². The van der Waals surface area contributed by atoms with Crippen molar-refractivity contribution in [1.82, 2.24) is 14.3 Å². The topological polar surface area (TPSA) is 65.8 Å². The molecule has 2 aromatic rings. The Hall–Kier alpha value is -1.87. The molecule has 1 aromatic heterocycles. The van der Waals surface area contributed by atoms with Crippen LogP contribution < -0.4 is 11.4 Å². The van der Waals surface area contributed by atoms with Gasteiger partial charge in [-0.1, -0.05) is 15.9 Å². The van der Waals surface area contributed by atoms with Gasteiger partial charge in [-0.3, -0.25) is 0 Å². The van der Waals surface area contributed by atoms with Crippen molar-refractivity contribution in [3.8, 4) is 5.69 Å². The maximum Gasteiger partial charge on any atom is 0.350 e. The van der Waals surface area contributed by atoms with E-state index < -0.39 is 36.3 Å². The van der Waals surface area contributed by atoms with Gasteiger partial charge in [0.15, 0.2) is 0 Å². The zero-order chi connectivity index (χ0) is 15.6. The first-order chi connectivity index (χ1) is 9.93. The maximum absolute atomic E-state index is 13.8. The number of hydrogen-bond acceptors (Lipinski definition) is 3. The molecule has 2 N–H and O–H groups in total. The lowest BCUT2D eigenvalue weighted by molar-refractivity contribution is 0.400. The first-order valence-corrected chi connectivity index (χ1v) is 6.56. The molecule has 112 valence electrons. The highest BCUT2D eigenvalue weighted by Gasteiger charge is 2.13. The number of benzene rings is 1. The van der Waals surface area contributed by atoms with E-state index in [9.17, 15) is 18.0 Å². The van der Waals surface area contributed by atoms with Gasteiger partial charge in [-0.05, 0) is 18.2 Å². The molecule has 0 aliphatic heterocycles. The SMILES string of the molecule is NCC(Cn1ncn(-c2ccc(Br)cc2F)c1=O)=C(F)F. The summed E-state index contributed by atoms with van der Waals surface area (Å²) in [6.07, 6.45) is -0.882. The van der Waals surface area contributed by atoms with E-state index in [0.29, 0.717) is 4.47 Å². The molecule has 0 unspecified atom stereocenters.